The number of anilines is 1. The van der Waals surface area contributed by atoms with Crippen molar-refractivity contribution in [3.05, 3.63) is 65.0 Å². The number of hydrogen-bond acceptors (Lipinski definition) is 6. The quantitative estimate of drug-likeness (QED) is 0.361. The maximum atomic E-state index is 12.5. The molecule has 8 nitrogen and oxygen atoms in total. The molecule has 0 fully saturated rings. The minimum atomic E-state index is -0.244. The molecule has 0 aliphatic heterocycles. The van der Waals surface area contributed by atoms with Crippen LogP contribution in [0.25, 0.3) is 0 Å². The minimum Gasteiger partial charge on any atom is -0.483 e. The Hall–Kier alpha value is -3.33. The van der Waals surface area contributed by atoms with Gasteiger partial charge in [0.25, 0.3) is 5.91 Å². The number of carbonyl (C=O) groups excluding carboxylic acids is 2. The van der Waals surface area contributed by atoms with Gasteiger partial charge in [0, 0.05) is 12.7 Å². The lowest BCUT2D eigenvalue weighted by atomic mass is 10.0. The number of nitrogens with zero attached hydrogens (tertiary/aromatic N) is 3. The molecule has 0 radical (unpaired) electrons. The number of benzene rings is 2. The van der Waals surface area contributed by atoms with E-state index < -0.39 is 0 Å². The molecule has 3 aromatic rings. The summed E-state index contributed by atoms with van der Waals surface area (Å²) in [6.07, 6.45) is 0. The molecule has 1 heterocycles. The number of amides is 2. The predicted molar refractivity (Wildman–Crippen MR) is 143 cm³/mol. The lowest BCUT2D eigenvalue weighted by Gasteiger charge is -2.14. The summed E-state index contributed by atoms with van der Waals surface area (Å²) in [6, 6.07) is 13.8. The molecule has 1 aromatic heterocycles. The fourth-order valence-corrected chi connectivity index (χ4v) is 4.40. The Balaban J connectivity index is 1.49. The molecule has 0 unspecified atom stereocenters. The maximum Gasteiger partial charge on any atom is 0.258 e. The molecule has 0 spiro atoms. The summed E-state index contributed by atoms with van der Waals surface area (Å²) in [5.74, 6) is 1.77. The van der Waals surface area contributed by atoms with Gasteiger partial charge >= 0.3 is 0 Å². The van der Waals surface area contributed by atoms with Crippen LogP contribution in [0.4, 0.5) is 5.69 Å². The van der Waals surface area contributed by atoms with Crippen LogP contribution in [-0.4, -0.2) is 38.9 Å². The van der Waals surface area contributed by atoms with Gasteiger partial charge in [-0.25, -0.2) is 0 Å². The van der Waals surface area contributed by atoms with Gasteiger partial charge in [-0.2, -0.15) is 0 Å². The number of aromatic nitrogens is 3. The van der Waals surface area contributed by atoms with Crippen molar-refractivity contribution >= 4 is 29.3 Å². The molecular formula is C27H35N5O3S. The zero-order chi connectivity index (χ0) is 26.2. The molecule has 0 aliphatic rings. The van der Waals surface area contributed by atoms with Crippen LogP contribution in [0.2, 0.25) is 0 Å². The molecule has 9 heteroatoms. The molecular weight excluding hydrogens is 474 g/mol. The highest BCUT2D eigenvalue weighted by atomic mass is 32.2. The van der Waals surface area contributed by atoms with Gasteiger partial charge in [0.2, 0.25) is 5.91 Å². The van der Waals surface area contributed by atoms with E-state index in [0.717, 1.165) is 28.1 Å². The molecule has 0 aliphatic carbocycles. The van der Waals surface area contributed by atoms with Crippen molar-refractivity contribution in [3.8, 4) is 5.75 Å². The number of thioether (sulfide) groups is 1. The molecule has 2 N–H and O–H groups in total. The molecule has 2 amide bonds. The second kappa shape index (κ2) is 12.6. The van der Waals surface area contributed by atoms with Crippen LogP contribution in [0.1, 0.15) is 62.0 Å². The highest BCUT2D eigenvalue weighted by molar-refractivity contribution is 7.99. The summed E-state index contributed by atoms with van der Waals surface area (Å²) in [5.41, 5.74) is 4.07. The smallest absolute Gasteiger partial charge is 0.258 e. The summed E-state index contributed by atoms with van der Waals surface area (Å²) >= 11 is 1.30. The van der Waals surface area contributed by atoms with Gasteiger partial charge in [-0.3, -0.25) is 9.59 Å². The van der Waals surface area contributed by atoms with Crippen molar-refractivity contribution in [2.24, 2.45) is 7.05 Å². The Morgan fingerprint density at radius 3 is 2.44 bits per heavy atom. The van der Waals surface area contributed by atoms with E-state index in [1.54, 1.807) is 4.57 Å². The number of nitrogens with one attached hydrogen (secondary N) is 2. The van der Waals surface area contributed by atoms with Crippen molar-refractivity contribution in [1.29, 1.82) is 0 Å². The van der Waals surface area contributed by atoms with E-state index in [-0.39, 0.29) is 30.7 Å². The van der Waals surface area contributed by atoms with E-state index >= 15 is 0 Å². The fraction of sp³-hybridized carbons (Fsp3) is 0.407. The molecule has 0 saturated heterocycles. The first-order valence-corrected chi connectivity index (χ1v) is 13.0. The van der Waals surface area contributed by atoms with Crippen LogP contribution in [0, 0.1) is 6.92 Å². The van der Waals surface area contributed by atoms with Gasteiger partial charge in [-0.05, 0) is 47.6 Å². The number of aryl methyl sites for hydroxylation is 1. The number of ether oxygens (including phenoxy) is 1. The lowest BCUT2D eigenvalue weighted by Crippen LogP contribution is -2.29. The van der Waals surface area contributed by atoms with Crippen molar-refractivity contribution in [2.45, 2.75) is 58.2 Å². The third-order valence-corrected chi connectivity index (χ3v) is 6.73. The SMILES string of the molecule is Cc1ccc(C(C)C)c(OCC(=O)NCc2nnc(SCC(=O)Nc3ccccc3C(C)C)n2C)c1. The average molecular weight is 510 g/mol. The van der Waals surface area contributed by atoms with Crippen LogP contribution < -0.4 is 15.4 Å². The Bertz CT molecular complexity index is 1210. The molecule has 192 valence electrons. The van der Waals surface area contributed by atoms with E-state index in [0.29, 0.717) is 22.8 Å². The number of rotatable bonds is 11. The summed E-state index contributed by atoms with van der Waals surface area (Å²) in [7, 11) is 1.81. The summed E-state index contributed by atoms with van der Waals surface area (Å²) in [5, 5.41) is 14.7. The van der Waals surface area contributed by atoms with Crippen molar-refractivity contribution in [3.63, 3.8) is 0 Å². The Kier molecular flexibility index (Phi) is 9.52. The van der Waals surface area contributed by atoms with Crippen LogP contribution in [0.3, 0.4) is 0 Å². The number of hydrogen-bond donors (Lipinski definition) is 2. The van der Waals surface area contributed by atoms with E-state index in [2.05, 4.69) is 48.5 Å². The Labute approximate surface area is 217 Å². The largest absolute Gasteiger partial charge is 0.483 e. The number of carbonyl (C=O) groups is 2. The van der Waals surface area contributed by atoms with Crippen LogP contribution in [-0.2, 0) is 23.2 Å². The zero-order valence-corrected chi connectivity index (χ0v) is 22.6. The van der Waals surface area contributed by atoms with Crippen molar-refractivity contribution in [1.82, 2.24) is 20.1 Å². The van der Waals surface area contributed by atoms with E-state index in [1.165, 1.54) is 11.8 Å². The first kappa shape index (κ1) is 27.3. The highest BCUT2D eigenvalue weighted by Crippen LogP contribution is 2.27. The topological polar surface area (TPSA) is 98.1 Å². The first-order chi connectivity index (χ1) is 17.2. The third-order valence-electron chi connectivity index (χ3n) is 5.71. The van der Waals surface area contributed by atoms with Gasteiger partial charge in [0.15, 0.2) is 17.6 Å². The van der Waals surface area contributed by atoms with Gasteiger partial charge < -0.3 is 19.9 Å². The first-order valence-electron chi connectivity index (χ1n) is 12.1. The van der Waals surface area contributed by atoms with Gasteiger partial charge in [0.1, 0.15) is 5.75 Å². The van der Waals surface area contributed by atoms with Gasteiger partial charge in [-0.1, -0.05) is 69.8 Å². The summed E-state index contributed by atoms with van der Waals surface area (Å²) < 4.78 is 7.57. The zero-order valence-electron chi connectivity index (χ0n) is 21.8. The van der Waals surface area contributed by atoms with E-state index in [1.807, 2.05) is 56.4 Å². The molecule has 0 saturated carbocycles. The Morgan fingerprint density at radius 1 is 1.00 bits per heavy atom. The van der Waals surface area contributed by atoms with Crippen LogP contribution in [0.15, 0.2) is 47.6 Å². The second-order valence-electron chi connectivity index (χ2n) is 9.30. The average Bonchev–Trinajstić information content (AvgIpc) is 3.19. The summed E-state index contributed by atoms with van der Waals surface area (Å²) in [4.78, 5) is 24.9. The predicted octanol–water partition coefficient (Wildman–Crippen LogP) is 4.80. The maximum absolute atomic E-state index is 12.5. The van der Waals surface area contributed by atoms with Crippen molar-refractivity contribution in [2.75, 3.05) is 17.7 Å². The van der Waals surface area contributed by atoms with Crippen molar-refractivity contribution < 1.29 is 14.3 Å². The summed E-state index contributed by atoms with van der Waals surface area (Å²) in [6.45, 7) is 10.5. The monoisotopic (exact) mass is 509 g/mol. The molecule has 2 aromatic carbocycles. The normalized spacial score (nSPS) is 11.1. The second-order valence-corrected chi connectivity index (χ2v) is 10.2. The van der Waals surface area contributed by atoms with Gasteiger partial charge in [-0.15, -0.1) is 10.2 Å². The molecule has 3 rings (SSSR count). The highest BCUT2D eigenvalue weighted by Gasteiger charge is 2.15. The number of para-hydroxylation sites is 1. The third kappa shape index (κ3) is 7.34. The Morgan fingerprint density at radius 2 is 1.72 bits per heavy atom. The minimum absolute atomic E-state index is 0.0827. The van der Waals surface area contributed by atoms with E-state index in [9.17, 15) is 9.59 Å². The fourth-order valence-electron chi connectivity index (χ4n) is 3.67. The standard InChI is InChI=1S/C27H35N5O3S/c1-17(2)20-9-7-8-10-22(20)29-26(34)16-36-27-31-30-24(32(27)6)14-28-25(33)15-35-23-13-19(5)11-12-21(23)18(3)4/h7-13,17-18H,14-16H2,1-6H3,(H,28,33)(H,29,34). The molecule has 0 atom stereocenters. The van der Waals surface area contributed by atoms with Gasteiger partial charge in [0.05, 0.1) is 12.3 Å². The van der Waals surface area contributed by atoms with Crippen LogP contribution >= 0.6 is 11.8 Å². The van der Waals surface area contributed by atoms with Crippen LogP contribution in [0.5, 0.6) is 5.75 Å². The molecule has 36 heavy (non-hydrogen) atoms. The van der Waals surface area contributed by atoms with E-state index in [4.69, 9.17) is 4.74 Å². The molecule has 0 bridgehead atoms. The lowest BCUT2D eigenvalue weighted by molar-refractivity contribution is -0.123.